The van der Waals surface area contributed by atoms with Gasteiger partial charge in [-0.1, -0.05) is 6.07 Å². The van der Waals surface area contributed by atoms with Crippen molar-refractivity contribution in [2.45, 2.75) is 32.7 Å². The van der Waals surface area contributed by atoms with Crippen molar-refractivity contribution in [3.8, 4) is 22.9 Å². The largest absolute Gasteiger partial charge is 0.494 e. The molecular weight excluding hydrogens is 354 g/mol. The van der Waals surface area contributed by atoms with Crippen molar-refractivity contribution in [1.82, 2.24) is 15.3 Å². The summed E-state index contributed by atoms with van der Waals surface area (Å²) in [4.78, 5) is 19.8. The van der Waals surface area contributed by atoms with Gasteiger partial charge in [0.25, 0.3) is 5.56 Å². The second-order valence-electron chi connectivity index (χ2n) is 7.67. The van der Waals surface area contributed by atoms with Crippen LogP contribution >= 0.6 is 0 Å². The minimum atomic E-state index is -0.189. The van der Waals surface area contributed by atoms with Gasteiger partial charge in [-0.15, -0.1) is 0 Å². The van der Waals surface area contributed by atoms with Gasteiger partial charge in [0.2, 0.25) is 0 Å². The van der Waals surface area contributed by atoms with Gasteiger partial charge in [0.05, 0.1) is 19.1 Å². The molecule has 3 rings (SSSR count). The van der Waals surface area contributed by atoms with Gasteiger partial charge in [-0.25, -0.2) is 4.98 Å². The summed E-state index contributed by atoms with van der Waals surface area (Å²) in [5, 5.41) is 3.94. The molecule has 6 heteroatoms. The smallest absolute Gasteiger partial charge is 0.259 e. The Kier molecular flexibility index (Phi) is 5.99. The fourth-order valence-corrected chi connectivity index (χ4v) is 2.87. The number of aromatic amines is 1. The Morgan fingerprint density at radius 2 is 1.86 bits per heavy atom. The summed E-state index contributed by atoms with van der Waals surface area (Å²) in [5.74, 6) is 1.87. The first-order chi connectivity index (χ1) is 13.4. The highest BCUT2D eigenvalue weighted by Gasteiger charge is 2.10. The quantitative estimate of drug-likeness (QED) is 0.610. The number of rotatable bonds is 7. The van der Waals surface area contributed by atoms with E-state index in [-0.39, 0.29) is 11.1 Å². The van der Waals surface area contributed by atoms with Crippen LogP contribution in [0.4, 0.5) is 0 Å². The molecule has 0 aliphatic rings. The number of hydrogen-bond acceptors (Lipinski definition) is 5. The summed E-state index contributed by atoms with van der Waals surface area (Å²) < 4.78 is 11.1. The third kappa shape index (κ3) is 4.89. The number of fused-ring (bicyclic) bond motifs is 1. The fraction of sp³-hybridized carbons (Fsp3) is 0.364. The molecule has 0 spiro atoms. The summed E-state index contributed by atoms with van der Waals surface area (Å²) in [6, 6.07) is 12.9. The summed E-state index contributed by atoms with van der Waals surface area (Å²) in [6.45, 7) is 7.99. The molecule has 0 bridgehead atoms. The standard InChI is InChI=1S/C22H27N3O3/c1-22(2,3)23-13-6-14-28-16-11-9-15(10-12-16)20-24-19-17(21(26)25-20)7-5-8-18(19)27-4/h5,7-12,23H,6,13-14H2,1-4H3,(H,24,25,26). The van der Waals surface area contributed by atoms with Crippen molar-refractivity contribution in [3.05, 3.63) is 52.8 Å². The Balaban J connectivity index is 1.71. The van der Waals surface area contributed by atoms with E-state index in [1.807, 2.05) is 24.3 Å². The van der Waals surface area contributed by atoms with Crippen LogP contribution in [0.1, 0.15) is 27.2 Å². The highest BCUT2D eigenvalue weighted by atomic mass is 16.5. The van der Waals surface area contributed by atoms with Gasteiger partial charge >= 0.3 is 0 Å². The minimum absolute atomic E-state index is 0.119. The Hall–Kier alpha value is -2.86. The van der Waals surface area contributed by atoms with E-state index >= 15 is 0 Å². The van der Waals surface area contributed by atoms with E-state index in [9.17, 15) is 4.79 Å². The topological polar surface area (TPSA) is 76.2 Å². The zero-order valence-corrected chi connectivity index (χ0v) is 16.8. The van der Waals surface area contributed by atoms with Gasteiger partial charge in [-0.05, 0) is 70.1 Å². The van der Waals surface area contributed by atoms with E-state index in [4.69, 9.17) is 9.47 Å². The molecule has 28 heavy (non-hydrogen) atoms. The lowest BCUT2D eigenvalue weighted by Crippen LogP contribution is -2.36. The average Bonchev–Trinajstić information content (AvgIpc) is 2.67. The Bertz CT molecular complexity index is 989. The molecule has 2 N–H and O–H groups in total. The van der Waals surface area contributed by atoms with Crippen molar-refractivity contribution in [1.29, 1.82) is 0 Å². The van der Waals surface area contributed by atoms with Gasteiger partial charge in [0, 0.05) is 11.1 Å². The van der Waals surface area contributed by atoms with Gasteiger partial charge in [0.1, 0.15) is 22.8 Å². The van der Waals surface area contributed by atoms with Crippen LogP contribution in [0.2, 0.25) is 0 Å². The van der Waals surface area contributed by atoms with Crippen LogP contribution in [0.15, 0.2) is 47.3 Å². The molecule has 0 saturated carbocycles. The molecule has 0 saturated heterocycles. The first kappa shape index (κ1) is 19.9. The SMILES string of the molecule is COc1cccc2c(=O)[nH]c(-c3ccc(OCCCNC(C)(C)C)cc3)nc12. The molecule has 148 valence electrons. The van der Waals surface area contributed by atoms with E-state index in [2.05, 4.69) is 36.1 Å². The van der Waals surface area contributed by atoms with Crippen LogP contribution < -0.4 is 20.3 Å². The third-order valence-electron chi connectivity index (χ3n) is 4.29. The molecule has 0 aliphatic carbocycles. The van der Waals surface area contributed by atoms with Gasteiger partial charge in [0.15, 0.2) is 0 Å². The van der Waals surface area contributed by atoms with Gasteiger partial charge in [-0.2, -0.15) is 0 Å². The molecule has 0 unspecified atom stereocenters. The molecule has 0 atom stereocenters. The molecule has 0 aliphatic heterocycles. The van der Waals surface area contributed by atoms with Crippen molar-refractivity contribution in [2.24, 2.45) is 0 Å². The number of ether oxygens (including phenoxy) is 2. The zero-order chi connectivity index (χ0) is 20.1. The first-order valence-electron chi connectivity index (χ1n) is 9.43. The highest BCUT2D eigenvalue weighted by Crippen LogP contribution is 2.24. The maximum atomic E-state index is 12.4. The summed E-state index contributed by atoms with van der Waals surface area (Å²) in [5.41, 5.74) is 1.29. The van der Waals surface area contributed by atoms with Crippen LogP contribution in [0.25, 0.3) is 22.3 Å². The normalized spacial score (nSPS) is 11.6. The van der Waals surface area contributed by atoms with Crippen LogP contribution in [0.3, 0.4) is 0 Å². The summed E-state index contributed by atoms with van der Waals surface area (Å²) in [7, 11) is 1.57. The Labute approximate surface area is 164 Å². The van der Waals surface area contributed by atoms with Crippen molar-refractivity contribution in [3.63, 3.8) is 0 Å². The lowest BCUT2D eigenvalue weighted by atomic mass is 10.1. The van der Waals surface area contributed by atoms with Gasteiger partial charge in [-0.3, -0.25) is 4.79 Å². The Morgan fingerprint density at radius 3 is 2.54 bits per heavy atom. The summed E-state index contributed by atoms with van der Waals surface area (Å²) in [6.07, 6.45) is 0.929. The molecule has 0 radical (unpaired) electrons. The number of H-pyrrole nitrogens is 1. The van der Waals surface area contributed by atoms with Crippen molar-refractivity contribution >= 4 is 10.9 Å². The van der Waals surface area contributed by atoms with Gasteiger partial charge < -0.3 is 19.8 Å². The second-order valence-corrected chi connectivity index (χ2v) is 7.67. The third-order valence-corrected chi connectivity index (χ3v) is 4.29. The number of para-hydroxylation sites is 1. The second kappa shape index (κ2) is 8.44. The van der Waals surface area contributed by atoms with Crippen molar-refractivity contribution in [2.75, 3.05) is 20.3 Å². The summed E-state index contributed by atoms with van der Waals surface area (Å²) >= 11 is 0. The number of hydrogen-bond donors (Lipinski definition) is 2. The Morgan fingerprint density at radius 1 is 1.11 bits per heavy atom. The molecule has 3 aromatic rings. The lowest BCUT2D eigenvalue weighted by Gasteiger charge is -2.20. The molecular formula is C22H27N3O3. The monoisotopic (exact) mass is 381 g/mol. The first-order valence-corrected chi connectivity index (χ1v) is 9.43. The molecule has 0 fully saturated rings. The van der Waals surface area contributed by atoms with Crippen LogP contribution in [0.5, 0.6) is 11.5 Å². The number of nitrogens with one attached hydrogen (secondary N) is 2. The molecule has 2 aromatic carbocycles. The lowest BCUT2D eigenvalue weighted by molar-refractivity contribution is 0.298. The highest BCUT2D eigenvalue weighted by molar-refractivity contribution is 5.85. The van der Waals surface area contributed by atoms with E-state index in [0.29, 0.717) is 29.1 Å². The van der Waals surface area contributed by atoms with E-state index in [1.54, 1.807) is 25.3 Å². The van der Waals surface area contributed by atoms with Crippen molar-refractivity contribution < 1.29 is 9.47 Å². The van der Waals surface area contributed by atoms with Crippen LogP contribution in [-0.2, 0) is 0 Å². The number of methoxy groups -OCH3 is 1. The molecule has 1 aromatic heterocycles. The molecule has 6 nitrogen and oxygen atoms in total. The number of nitrogens with zero attached hydrogens (tertiary/aromatic N) is 1. The maximum absolute atomic E-state index is 12.4. The maximum Gasteiger partial charge on any atom is 0.259 e. The average molecular weight is 381 g/mol. The minimum Gasteiger partial charge on any atom is -0.494 e. The molecule has 1 heterocycles. The van der Waals surface area contributed by atoms with E-state index in [0.717, 1.165) is 24.3 Å². The predicted molar refractivity (Wildman–Crippen MR) is 112 cm³/mol. The van der Waals surface area contributed by atoms with E-state index in [1.165, 1.54) is 0 Å². The van der Waals surface area contributed by atoms with Crippen LogP contribution in [-0.4, -0.2) is 35.8 Å². The van der Waals surface area contributed by atoms with E-state index < -0.39 is 0 Å². The van der Waals surface area contributed by atoms with Crippen LogP contribution in [0, 0.1) is 0 Å². The fourth-order valence-electron chi connectivity index (χ4n) is 2.87. The predicted octanol–water partition coefficient (Wildman–Crippen LogP) is 3.76. The number of aromatic nitrogens is 2. The number of benzene rings is 2. The molecule has 0 amide bonds. The zero-order valence-electron chi connectivity index (χ0n) is 16.8.